The Balaban J connectivity index is -0.000000118. The van der Waals surface area contributed by atoms with Gasteiger partial charge in [-0.3, -0.25) is 0 Å². The Labute approximate surface area is 218 Å². The van der Waals surface area contributed by atoms with Crippen molar-refractivity contribution in [2.75, 3.05) is 26.4 Å². The molecule has 0 aromatic rings. The second kappa shape index (κ2) is 27.3. The molecule has 0 aliphatic heterocycles. The highest BCUT2D eigenvalue weighted by Gasteiger charge is 2.24. The Hall–Kier alpha value is -3.32. The van der Waals surface area contributed by atoms with Crippen molar-refractivity contribution in [2.24, 2.45) is 5.41 Å². The summed E-state index contributed by atoms with van der Waals surface area (Å²) in [5.41, 5.74) is -0.139. The first-order chi connectivity index (χ1) is 16.9. The summed E-state index contributed by atoms with van der Waals surface area (Å²) in [4.78, 5) is 39.3. The Morgan fingerprint density at radius 1 is 0.784 bits per heavy atom. The van der Waals surface area contributed by atoms with E-state index in [1.807, 2.05) is 13.8 Å². The minimum absolute atomic E-state index is 0.156. The molecule has 0 amide bonds. The van der Waals surface area contributed by atoms with E-state index in [1.165, 1.54) is 20.8 Å². The highest BCUT2D eigenvalue weighted by Crippen LogP contribution is 2.18. The lowest BCUT2D eigenvalue weighted by atomic mass is 9.88. The number of rotatable bonds is 11. The summed E-state index contributed by atoms with van der Waals surface area (Å²) in [6.45, 7) is 22.4. The molecule has 216 valence electrons. The van der Waals surface area contributed by atoms with E-state index in [-0.39, 0.29) is 36.5 Å². The summed E-state index contributed by atoms with van der Waals surface area (Å²) in [6.07, 6.45) is 1.22. The van der Waals surface area contributed by atoms with E-state index in [2.05, 4.69) is 31.1 Å². The van der Waals surface area contributed by atoms with Gasteiger partial charge in [0, 0.05) is 34.8 Å². The minimum Gasteiger partial charge on any atom is -0.478 e. The van der Waals surface area contributed by atoms with Gasteiger partial charge in [-0.1, -0.05) is 33.2 Å². The van der Waals surface area contributed by atoms with E-state index >= 15 is 0 Å². The molecule has 0 fully saturated rings. The minimum atomic E-state index is -0.935. The van der Waals surface area contributed by atoms with Gasteiger partial charge in [-0.2, -0.15) is 0 Å². The van der Waals surface area contributed by atoms with Crippen molar-refractivity contribution in [3.8, 4) is 0 Å². The van der Waals surface area contributed by atoms with Gasteiger partial charge >= 0.3 is 23.9 Å². The van der Waals surface area contributed by atoms with Crippen LogP contribution in [0.2, 0.25) is 0 Å². The number of hydrogen-bond acceptors (Lipinski definition) is 9. The molecule has 0 radical (unpaired) electrons. The standard InChI is InChI=1S/C7H12O3.C6H14O3.3C4H6O2/c1-4-7(8)10-6(3)9-5-2;1-2-6(3-7,4-8)5-9;3*1-3(2)4(5)6/h4,6H,1,5H2,2-3H3;7-9H,2-5H2,1H3;3*1H2,2H3,(H,5,6). The number of aliphatic hydroxyl groups is 3. The second-order valence-electron chi connectivity index (χ2n) is 7.25. The van der Waals surface area contributed by atoms with Crippen LogP contribution in [0, 0.1) is 5.41 Å². The molecule has 0 aliphatic carbocycles. The topological polar surface area (TPSA) is 208 Å². The average Bonchev–Trinajstić information content (AvgIpc) is 2.82. The number of carbonyl (C=O) groups is 4. The molecule has 0 rings (SSSR count). The third-order valence-corrected chi connectivity index (χ3v) is 3.70. The Kier molecular flexibility index (Phi) is 32.2. The van der Waals surface area contributed by atoms with E-state index in [0.717, 1.165) is 6.08 Å². The quantitative estimate of drug-likeness (QED) is 0.128. The van der Waals surface area contributed by atoms with E-state index in [1.54, 1.807) is 6.92 Å². The van der Waals surface area contributed by atoms with Crippen LogP contribution in [-0.4, -0.2) is 87.2 Å². The van der Waals surface area contributed by atoms with Crippen LogP contribution in [0.5, 0.6) is 0 Å². The lowest BCUT2D eigenvalue weighted by Crippen LogP contribution is -2.32. The highest BCUT2D eigenvalue weighted by atomic mass is 16.7. The fraction of sp³-hybridized carbons (Fsp3) is 0.520. The number of aliphatic hydroxyl groups excluding tert-OH is 3. The molecular formula is C25H44O12. The summed E-state index contributed by atoms with van der Waals surface area (Å²) < 4.78 is 9.58. The molecule has 0 bridgehead atoms. The number of esters is 1. The number of carbonyl (C=O) groups excluding carboxylic acids is 1. The maximum Gasteiger partial charge on any atom is 0.332 e. The monoisotopic (exact) mass is 536 g/mol. The van der Waals surface area contributed by atoms with Crippen LogP contribution < -0.4 is 0 Å². The molecule has 6 N–H and O–H groups in total. The Morgan fingerprint density at radius 2 is 1.05 bits per heavy atom. The molecule has 1 unspecified atom stereocenters. The van der Waals surface area contributed by atoms with Gasteiger partial charge in [-0.15, -0.1) is 0 Å². The van der Waals surface area contributed by atoms with E-state index in [9.17, 15) is 19.2 Å². The maximum atomic E-state index is 10.5. The summed E-state index contributed by atoms with van der Waals surface area (Å²) >= 11 is 0. The van der Waals surface area contributed by atoms with Crippen LogP contribution in [0.25, 0.3) is 0 Å². The van der Waals surface area contributed by atoms with Gasteiger partial charge in [-0.25, -0.2) is 19.2 Å². The van der Waals surface area contributed by atoms with Gasteiger partial charge in [0.1, 0.15) is 0 Å². The van der Waals surface area contributed by atoms with Gasteiger partial charge in [0.05, 0.1) is 19.8 Å². The molecule has 1 atom stereocenters. The van der Waals surface area contributed by atoms with E-state index in [0.29, 0.717) is 13.0 Å². The zero-order valence-corrected chi connectivity index (χ0v) is 22.7. The Bertz CT molecular complexity index is 611. The van der Waals surface area contributed by atoms with Crippen LogP contribution in [0.1, 0.15) is 48.0 Å². The lowest BCUT2D eigenvalue weighted by molar-refractivity contribution is -0.167. The zero-order chi connectivity index (χ0) is 30.8. The fourth-order valence-electron chi connectivity index (χ4n) is 0.966. The highest BCUT2D eigenvalue weighted by molar-refractivity contribution is 5.85. The van der Waals surface area contributed by atoms with Crippen molar-refractivity contribution in [2.45, 2.75) is 54.3 Å². The molecule has 12 nitrogen and oxygen atoms in total. The van der Waals surface area contributed by atoms with Crippen molar-refractivity contribution >= 4 is 23.9 Å². The van der Waals surface area contributed by atoms with Crippen molar-refractivity contribution in [3.63, 3.8) is 0 Å². The van der Waals surface area contributed by atoms with Crippen molar-refractivity contribution in [1.82, 2.24) is 0 Å². The maximum absolute atomic E-state index is 10.5. The molecule has 12 heteroatoms. The first-order valence-corrected chi connectivity index (χ1v) is 10.8. The normalized spacial score (nSPS) is 9.86. The molecule has 0 spiro atoms. The third-order valence-electron chi connectivity index (χ3n) is 3.70. The molecular weight excluding hydrogens is 492 g/mol. The summed E-state index contributed by atoms with van der Waals surface area (Å²) in [5, 5.41) is 49.6. The SMILES string of the molecule is C=C(C)C(=O)O.C=C(C)C(=O)O.C=C(C)C(=O)O.C=CC(=O)OC(C)OCC.CCC(CO)(CO)CO. The van der Waals surface area contributed by atoms with Crippen LogP contribution in [0.3, 0.4) is 0 Å². The molecule has 0 saturated carbocycles. The molecule has 0 saturated heterocycles. The van der Waals surface area contributed by atoms with Crippen LogP contribution in [-0.2, 0) is 28.7 Å². The van der Waals surface area contributed by atoms with Gasteiger partial charge in [0.25, 0.3) is 0 Å². The fourth-order valence-corrected chi connectivity index (χ4v) is 0.966. The molecule has 37 heavy (non-hydrogen) atoms. The third kappa shape index (κ3) is 34.9. The average molecular weight is 537 g/mol. The van der Waals surface area contributed by atoms with Crippen LogP contribution in [0.4, 0.5) is 0 Å². The largest absolute Gasteiger partial charge is 0.478 e. The van der Waals surface area contributed by atoms with E-state index in [4.69, 9.17) is 35.4 Å². The molecule has 0 aliphatic rings. The van der Waals surface area contributed by atoms with Gasteiger partial charge in [0.15, 0.2) is 6.29 Å². The van der Waals surface area contributed by atoms with E-state index < -0.39 is 35.6 Å². The van der Waals surface area contributed by atoms with Gasteiger partial charge in [0.2, 0.25) is 0 Å². The van der Waals surface area contributed by atoms with Gasteiger partial charge < -0.3 is 40.1 Å². The van der Waals surface area contributed by atoms with Crippen LogP contribution >= 0.6 is 0 Å². The predicted octanol–water partition coefficient (Wildman–Crippen LogP) is 2.40. The second-order valence-corrected chi connectivity index (χ2v) is 7.25. The number of carboxylic acids is 3. The number of ether oxygens (including phenoxy) is 2. The molecule has 0 aromatic carbocycles. The number of hydrogen-bond donors (Lipinski definition) is 6. The molecule has 0 aromatic heterocycles. The predicted molar refractivity (Wildman–Crippen MR) is 139 cm³/mol. The zero-order valence-electron chi connectivity index (χ0n) is 22.7. The first-order valence-electron chi connectivity index (χ1n) is 10.8. The summed E-state index contributed by atoms with van der Waals surface area (Å²) in [5.74, 6) is -3.26. The van der Waals surface area contributed by atoms with Crippen molar-refractivity contribution in [3.05, 3.63) is 49.1 Å². The van der Waals surface area contributed by atoms with Gasteiger partial charge in [-0.05, 0) is 41.0 Å². The Morgan fingerprint density at radius 3 is 1.16 bits per heavy atom. The van der Waals surface area contributed by atoms with Crippen LogP contribution in [0.15, 0.2) is 49.1 Å². The van der Waals surface area contributed by atoms with Crippen molar-refractivity contribution < 1.29 is 59.3 Å². The first kappa shape index (κ1) is 43.7. The molecule has 0 heterocycles. The lowest BCUT2D eigenvalue weighted by Gasteiger charge is -2.24. The summed E-state index contributed by atoms with van der Waals surface area (Å²) in [6, 6.07) is 0. The number of carboxylic acid groups (broad SMARTS) is 3. The summed E-state index contributed by atoms with van der Waals surface area (Å²) in [7, 11) is 0. The smallest absolute Gasteiger partial charge is 0.332 e. The van der Waals surface area contributed by atoms with Crippen molar-refractivity contribution in [1.29, 1.82) is 0 Å². The number of aliphatic carboxylic acids is 3.